The van der Waals surface area contributed by atoms with Gasteiger partial charge in [-0.1, -0.05) is 36.4 Å². The summed E-state index contributed by atoms with van der Waals surface area (Å²) < 4.78 is 19.5. The van der Waals surface area contributed by atoms with Crippen LogP contribution in [0.2, 0.25) is 0 Å². The molecule has 3 rings (SSSR count). The Kier molecular flexibility index (Phi) is 6.26. The van der Waals surface area contributed by atoms with Gasteiger partial charge in [0.05, 0.1) is 5.56 Å². The maximum atomic E-state index is 13.9. The van der Waals surface area contributed by atoms with Crippen LogP contribution in [0.1, 0.15) is 35.5 Å². The first-order chi connectivity index (χ1) is 13.5. The lowest BCUT2D eigenvalue weighted by Crippen LogP contribution is -2.27. The molecule has 1 N–H and O–H groups in total. The van der Waals surface area contributed by atoms with Gasteiger partial charge in [0.1, 0.15) is 11.6 Å². The second-order valence-electron chi connectivity index (χ2n) is 7.10. The van der Waals surface area contributed by atoms with Crippen LogP contribution in [0.25, 0.3) is 11.3 Å². The van der Waals surface area contributed by atoms with Gasteiger partial charge in [-0.05, 0) is 56.3 Å². The standard InChI is InChI=1S/C23H25FN2O2/c1-16(2)26(3)15-18-9-5-4-8-17(18)14-25-23(27)22-13-12-21(28-22)19-10-6-7-11-20(19)24/h4-13,16H,14-15H2,1-3H3,(H,25,27). The fourth-order valence-electron chi connectivity index (χ4n) is 2.86. The normalized spacial score (nSPS) is 11.2. The topological polar surface area (TPSA) is 45.5 Å². The summed E-state index contributed by atoms with van der Waals surface area (Å²) in [7, 11) is 2.08. The zero-order valence-electron chi connectivity index (χ0n) is 16.4. The SMILES string of the molecule is CC(C)N(C)Cc1ccccc1CNC(=O)c1ccc(-c2ccccc2F)o1. The summed E-state index contributed by atoms with van der Waals surface area (Å²) in [6.45, 7) is 5.50. The van der Waals surface area contributed by atoms with Gasteiger partial charge in [-0.2, -0.15) is 0 Å². The van der Waals surface area contributed by atoms with Gasteiger partial charge in [0.25, 0.3) is 5.91 Å². The van der Waals surface area contributed by atoms with E-state index in [0.717, 1.165) is 12.1 Å². The highest BCUT2D eigenvalue weighted by molar-refractivity contribution is 5.92. The van der Waals surface area contributed by atoms with Crippen LogP contribution < -0.4 is 5.32 Å². The Bertz CT molecular complexity index is 949. The fraction of sp³-hybridized carbons (Fsp3) is 0.261. The minimum Gasteiger partial charge on any atom is -0.451 e. The monoisotopic (exact) mass is 380 g/mol. The molecule has 0 aliphatic rings. The van der Waals surface area contributed by atoms with Crippen LogP contribution in [-0.4, -0.2) is 23.9 Å². The van der Waals surface area contributed by atoms with Crippen molar-refractivity contribution in [3.05, 3.63) is 83.4 Å². The molecule has 0 radical (unpaired) electrons. The van der Waals surface area contributed by atoms with Crippen molar-refractivity contribution in [1.29, 1.82) is 0 Å². The highest BCUT2D eigenvalue weighted by Gasteiger charge is 2.15. The van der Waals surface area contributed by atoms with Crippen LogP contribution in [-0.2, 0) is 13.1 Å². The first kappa shape index (κ1) is 19.8. The number of benzene rings is 2. The maximum absolute atomic E-state index is 13.9. The molecule has 2 aromatic carbocycles. The molecule has 5 heteroatoms. The molecule has 0 bridgehead atoms. The lowest BCUT2D eigenvalue weighted by atomic mass is 10.1. The minimum absolute atomic E-state index is 0.162. The second-order valence-corrected chi connectivity index (χ2v) is 7.10. The molecule has 0 spiro atoms. The number of hydrogen-bond donors (Lipinski definition) is 1. The minimum atomic E-state index is -0.382. The van der Waals surface area contributed by atoms with Crippen molar-refractivity contribution in [3.8, 4) is 11.3 Å². The predicted octanol–water partition coefficient (Wildman–Crippen LogP) is 4.86. The van der Waals surface area contributed by atoms with Gasteiger partial charge in [0.15, 0.2) is 5.76 Å². The summed E-state index contributed by atoms with van der Waals surface area (Å²) in [5.74, 6) is -0.209. The number of nitrogens with zero attached hydrogens (tertiary/aromatic N) is 1. The van der Waals surface area contributed by atoms with E-state index >= 15 is 0 Å². The maximum Gasteiger partial charge on any atom is 0.287 e. The molecule has 0 aliphatic heterocycles. The number of halogens is 1. The van der Waals surface area contributed by atoms with Gasteiger partial charge in [-0.25, -0.2) is 4.39 Å². The molecular formula is C23H25FN2O2. The highest BCUT2D eigenvalue weighted by Crippen LogP contribution is 2.24. The molecule has 1 heterocycles. The zero-order valence-corrected chi connectivity index (χ0v) is 16.4. The summed E-state index contributed by atoms with van der Waals surface area (Å²) in [6, 6.07) is 18.0. The Morgan fingerprint density at radius 2 is 1.71 bits per heavy atom. The Morgan fingerprint density at radius 1 is 1.04 bits per heavy atom. The van der Waals surface area contributed by atoms with Crippen molar-refractivity contribution in [3.63, 3.8) is 0 Å². The lowest BCUT2D eigenvalue weighted by molar-refractivity contribution is 0.0923. The molecule has 0 atom stereocenters. The van der Waals surface area contributed by atoms with E-state index in [0.29, 0.717) is 23.9 Å². The number of hydrogen-bond acceptors (Lipinski definition) is 3. The van der Waals surface area contributed by atoms with Crippen molar-refractivity contribution in [2.24, 2.45) is 0 Å². The molecule has 1 amide bonds. The molecule has 0 unspecified atom stereocenters. The van der Waals surface area contributed by atoms with Crippen molar-refractivity contribution in [2.45, 2.75) is 33.0 Å². The highest BCUT2D eigenvalue weighted by atomic mass is 19.1. The second kappa shape index (κ2) is 8.85. The predicted molar refractivity (Wildman–Crippen MR) is 108 cm³/mol. The van der Waals surface area contributed by atoms with E-state index < -0.39 is 0 Å². The van der Waals surface area contributed by atoms with E-state index in [-0.39, 0.29) is 17.5 Å². The Balaban J connectivity index is 1.68. The Hall–Kier alpha value is -2.92. The fourth-order valence-corrected chi connectivity index (χ4v) is 2.86. The van der Waals surface area contributed by atoms with Crippen LogP contribution in [0, 0.1) is 5.82 Å². The quantitative estimate of drug-likeness (QED) is 0.637. The number of rotatable bonds is 7. The van der Waals surface area contributed by atoms with Gasteiger partial charge < -0.3 is 9.73 Å². The summed E-state index contributed by atoms with van der Waals surface area (Å²) in [5, 5.41) is 2.89. The average Bonchev–Trinajstić information content (AvgIpc) is 3.17. The molecule has 0 saturated heterocycles. The van der Waals surface area contributed by atoms with Crippen LogP contribution in [0.15, 0.2) is 65.1 Å². The van der Waals surface area contributed by atoms with E-state index in [4.69, 9.17) is 4.42 Å². The van der Waals surface area contributed by atoms with E-state index in [9.17, 15) is 9.18 Å². The molecule has 0 saturated carbocycles. The zero-order chi connectivity index (χ0) is 20.1. The van der Waals surface area contributed by atoms with Gasteiger partial charge in [-0.3, -0.25) is 9.69 Å². The molecule has 146 valence electrons. The molecule has 4 nitrogen and oxygen atoms in total. The summed E-state index contributed by atoms with van der Waals surface area (Å²) in [4.78, 5) is 14.7. The van der Waals surface area contributed by atoms with Crippen molar-refractivity contribution in [2.75, 3.05) is 7.05 Å². The molecule has 28 heavy (non-hydrogen) atoms. The Morgan fingerprint density at radius 3 is 2.43 bits per heavy atom. The average molecular weight is 380 g/mol. The molecule has 0 fully saturated rings. The number of nitrogens with one attached hydrogen (secondary N) is 1. The van der Waals surface area contributed by atoms with Gasteiger partial charge in [0.2, 0.25) is 0 Å². The smallest absolute Gasteiger partial charge is 0.287 e. The number of carbonyl (C=O) groups is 1. The van der Waals surface area contributed by atoms with Crippen LogP contribution in [0.5, 0.6) is 0 Å². The van der Waals surface area contributed by atoms with Crippen molar-refractivity contribution in [1.82, 2.24) is 10.2 Å². The third-order valence-electron chi connectivity index (χ3n) is 4.83. The van der Waals surface area contributed by atoms with E-state index in [1.807, 2.05) is 18.2 Å². The van der Waals surface area contributed by atoms with E-state index in [1.54, 1.807) is 30.3 Å². The van der Waals surface area contributed by atoms with Crippen molar-refractivity contribution >= 4 is 5.91 Å². The van der Waals surface area contributed by atoms with Gasteiger partial charge in [-0.15, -0.1) is 0 Å². The van der Waals surface area contributed by atoms with Crippen LogP contribution >= 0.6 is 0 Å². The van der Waals surface area contributed by atoms with E-state index in [2.05, 4.69) is 37.2 Å². The number of furan rings is 1. The third kappa shape index (κ3) is 4.67. The third-order valence-corrected chi connectivity index (χ3v) is 4.83. The lowest BCUT2D eigenvalue weighted by Gasteiger charge is -2.22. The summed E-state index contributed by atoms with van der Waals surface area (Å²) >= 11 is 0. The number of carbonyl (C=O) groups excluding carboxylic acids is 1. The molecular weight excluding hydrogens is 355 g/mol. The van der Waals surface area contributed by atoms with Gasteiger partial charge >= 0.3 is 0 Å². The first-order valence-electron chi connectivity index (χ1n) is 9.35. The number of amides is 1. The van der Waals surface area contributed by atoms with Gasteiger partial charge in [0, 0.05) is 19.1 Å². The molecule has 0 aliphatic carbocycles. The summed E-state index contributed by atoms with van der Waals surface area (Å²) in [5.41, 5.74) is 2.57. The largest absolute Gasteiger partial charge is 0.451 e. The Labute approximate surface area is 165 Å². The van der Waals surface area contributed by atoms with E-state index in [1.165, 1.54) is 11.6 Å². The first-order valence-corrected chi connectivity index (χ1v) is 9.35. The summed E-state index contributed by atoms with van der Waals surface area (Å²) in [6.07, 6.45) is 0. The van der Waals surface area contributed by atoms with Crippen molar-refractivity contribution < 1.29 is 13.6 Å². The van der Waals surface area contributed by atoms with Crippen LogP contribution in [0.3, 0.4) is 0 Å². The van der Waals surface area contributed by atoms with Crippen LogP contribution in [0.4, 0.5) is 4.39 Å². The molecule has 1 aromatic heterocycles. The molecule has 3 aromatic rings.